The van der Waals surface area contributed by atoms with Gasteiger partial charge in [0.15, 0.2) is 5.78 Å². The molecular formula is C35H54N6O6. The number of urea groups is 1. The second-order valence-corrected chi connectivity index (χ2v) is 15.1. The van der Waals surface area contributed by atoms with Crippen molar-refractivity contribution in [1.29, 1.82) is 0 Å². The average molecular weight is 655 g/mol. The Hall–Kier alpha value is -3.96. The molecular weight excluding hydrogens is 600 g/mol. The maximum atomic E-state index is 14.3. The molecule has 1 saturated carbocycles. The summed E-state index contributed by atoms with van der Waals surface area (Å²) in [5, 5.41) is 8.36. The van der Waals surface area contributed by atoms with Crippen LogP contribution in [0.5, 0.6) is 0 Å². The lowest BCUT2D eigenvalue weighted by molar-refractivity contribution is -0.144. The number of carbonyl (C=O) groups excluding carboxylic acids is 6. The van der Waals surface area contributed by atoms with Crippen LogP contribution in [0.2, 0.25) is 0 Å². The van der Waals surface area contributed by atoms with Gasteiger partial charge in [0.2, 0.25) is 17.6 Å². The number of hydrogen-bond acceptors (Lipinski definition) is 7. The fraction of sp³-hybridized carbons (Fsp3) is 0.657. The third-order valence-corrected chi connectivity index (χ3v) is 9.29. The fourth-order valence-electron chi connectivity index (χ4n) is 6.21. The molecule has 1 aromatic carbocycles. The molecule has 1 unspecified atom stereocenters. The first kappa shape index (κ1) is 37.5. The summed E-state index contributed by atoms with van der Waals surface area (Å²) >= 11 is 0. The summed E-state index contributed by atoms with van der Waals surface area (Å²) in [7, 11) is 3.81. The van der Waals surface area contributed by atoms with Crippen molar-refractivity contribution in [2.24, 2.45) is 34.8 Å². The van der Waals surface area contributed by atoms with E-state index in [0.717, 1.165) is 18.5 Å². The van der Waals surface area contributed by atoms with Crippen molar-refractivity contribution in [3.63, 3.8) is 0 Å². The quantitative estimate of drug-likeness (QED) is 0.177. The molecule has 1 aliphatic heterocycles. The van der Waals surface area contributed by atoms with Crippen LogP contribution in [0.25, 0.3) is 0 Å². The molecule has 0 spiro atoms. The van der Waals surface area contributed by atoms with Crippen molar-refractivity contribution in [2.45, 2.75) is 98.3 Å². The number of rotatable bonds is 14. The molecule has 12 heteroatoms. The van der Waals surface area contributed by atoms with Crippen LogP contribution in [0.1, 0.15) is 84.5 Å². The minimum absolute atomic E-state index is 0.0335. The molecule has 2 fully saturated rings. The summed E-state index contributed by atoms with van der Waals surface area (Å²) in [6.45, 7) is 13.3. The number of benzene rings is 1. The van der Waals surface area contributed by atoms with Gasteiger partial charge in [0.05, 0.1) is 12.1 Å². The molecule has 1 saturated heterocycles. The summed E-state index contributed by atoms with van der Waals surface area (Å²) in [6.07, 6.45) is 2.70. The second-order valence-electron chi connectivity index (χ2n) is 15.1. The molecule has 47 heavy (non-hydrogen) atoms. The highest BCUT2D eigenvalue weighted by Crippen LogP contribution is 2.35. The van der Waals surface area contributed by atoms with Crippen molar-refractivity contribution in [1.82, 2.24) is 20.9 Å². The molecule has 0 aromatic heterocycles. The predicted octanol–water partition coefficient (Wildman–Crippen LogP) is 2.89. The summed E-state index contributed by atoms with van der Waals surface area (Å²) in [6, 6.07) is 2.60. The first-order valence-corrected chi connectivity index (χ1v) is 16.7. The van der Waals surface area contributed by atoms with Crippen LogP contribution in [-0.4, -0.2) is 85.0 Å². The van der Waals surface area contributed by atoms with E-state index in [1.807, 2.05) is 79.6 Å². The van der Waals surface area contributed by atoms with Crippen LogP contribution in [0.3, 0.4) is 0 Å². The van der Waals surface area contributed by atoms with E-state index >= 15 is 0 Å². The molecule has 3 rings (SSSR count). The van der Waals surface area contributed by atoms with Crippen LogP contribution < -0.4 is 26.6 Å². The molecule has 1 aliphatic carbocycles. The van der Waals surface area contributed by atoms with Crippen LogP contribution in [-0.2, 0) is 19.2 Å². The van der Waals surface area contributed by atoms with Crippen LogP contribution in [0, 0.1) is 29.1 Å². The number of ketones is 2. The van der Waals surface area contributed by atoms with E-state index in [0.29, 0.717) is 18.4 Å². The third-order valence-electron chi connectivity index (χ3n) is 9.29. The second kappa shape index (κ2) is 15.3. The molecule has 2 aliphatic rings. The summed E-state index contributed by atoms with van der Waals surface area (Å²) in [5.41, 5.74) is 5.93. The molecule has 12 nitrogen and oxygen atoms in total. The number of nitrogens with one attached hydrogen (secondary N) is 3. The SMILES string of the molecule is CC(C)[C@H](NC(=O)N[C@H](C(=O)N1CC[C@H](C(C)C)[C@H]1C(=O)NC(CC1CC1)C(=O)C(N)=O)C(C)(C)C)C(=O)c1ccc(N(C)C)cc1. The van der Waals surface area contributed by atoms with E-state index in [-0.39, 0.29) is 36.0 Å². The first-order valence-electron chi connectivity index (χ1n) is 16.7. The number of Topliss-reactive ketones (excluding diaryl/α,β-unsaturated/α-hetero) is 2. The lowest BCUT2D eigenvalue weighted by Crippen LogP contribution is -2.62. The Balaban J connectivity index is 1.82. The maximum absolute atomic E-state index is 14.3. The van der Waals surface area contributed by atoms with Gasteiger partial charge in [-0.25, -0.2) is 4.79 Å². The Morgan fingerprint density at radius 3 is 1.98 bits per heavy atom. The zero-order valence-corrected chi connectivity index (χ0v) is 29.4. The van der Waals surface area contributed by atoms with Crippen LogP contribution in [0.15, 0.2) is 24.3 Å². The van der Waals surface area contributed by atoms with Crippen LogP contribution in [0.4, 0.5) is 10.5 Å². The number of nitrogens with zero attached hydrogens (tertiary/aromatic N) is 2. The largest absolute Gasteiger partial charge is 0.378 e. The van der Waals surface area contributed by atoms with E-state index < -0.39 is 59.1 Å². The van der Waals surface area contributed by atoms with Gasteiger partial charge in [-0.1, -0.05) is 61.3 Å². The van der Waals surface area contributed by atoms with E-state index in [1.54, 1.807) is 12.1 Å². The molecule has 5 atom stereocenters. The van der Waals surface area contributed by atoms with Gasteiger partial charge in [0.25, 0.3) is 5.91 Å². The molecule has 1 aromatic rings. The van der Waals surface area contributed by atoms with Gasteiger partial charge in [0, 0.05) is 31.9 Å². The summed E-state index contributed by atoms with van der Waals surface area (Å²) in [5.74, 6) is -3.35. The average Bonchev–Trinajstić information content (AvgIpc) is 3.69. The molecule has 0 radical (unpaired) electrons. The van der Waals surface area contributed by atoms with Crippen molar-refractivity contribution in [2.75, 3.05) is 25.5 Å². The van der Waals surface area contributed by atoms with Gasteiger partial charge in [-0.05, 0) is 66.2 Å². The Morgan fingerprint density at radius 2 is 1.51 bits per heavy atom. The number of nitrogens with two attached hydrogens (primary N) is 1. The fourth-order valence-corrected chi connectivity index (χ4v) is 6.21. The normalized spacial score (nSPS) is 19.9. The maximum Gasteiger partial charge on any atom is 0.316 e. The minimum Gasteiger partial charge on any atom is -0.378 e. The summed E-state index contributed by atoms with van der Waals surface area (Å²) < 4.78 is 0. The number of hydrogen-bond donors (Lipinski definition) is 4. The van der Waals surface area contributed by atoms with Gasteiger partial charge < -0.3 is 31.5 Å². The highest BCUT2D eigenvalue weighted by molar-refractivity contribution is 6.37. The first-order chi connectivity index (χ1) is 21.8. The highest BCUT2D eigenvalue weighted by atomic mass is 16.2. The van der Waals surface area contributed by atoms with Crippen molar-refractivity contribution in [3.05, 3.63) is 29.8 Å². The van der Waals surface area contributed by atoms with E-state index in [1.165, 1.54) is 4.90 Å². The van der Waals surface area contributed by atoms with Crippen molar-refractivity contribution >= 4 is 41.0 Å². The Bertz CT molecular complexity index is 1330. The highest BCUT2D eigenvalue weighted by Gasteiger charge is 2.48. The lowest BCUT2D eigenvalue weighted by Gasteiger charge is -2.37. The van der Waals surface area contributed by atoms with E-state index in [9.17, 15) is 28.8 Å². The van der Waals surface area contributed by atoms with Gasteiger partial charge in [-0.2, -0.15) is 0 Å². The number of likely N-dealkylation sites (tertiary alicyclic amines) is 1. The monoisotopic (exact) mass is 654 g/mol. The van der Waals surface area contributed by atoms with E-state index in [4.69, 9.17) is 5.73 Å². The van der Waals surface area contributed by atoms with Crippen LogP contribution >= 0.6 is 0 Å². The molecule has 5 amide bonds. The Kier molecular flexibility index (Phi) is 12.2. The number of primary amides is 1. The zero-order chi connectivity index (χ0) is 35.4. The molecule has 260 valence electrons. The van der Waals surface area contributed by atoms with Crippen molar-refractivity contribution < 1.29 is 28.8 Å². The molecule has 1 heterocycles. The predicted molar refractivity (Wildman–Crippen MR) is 181 cm³/mol. The lowest BCUT2D eigenvalue weighted by atomic mass is 9.84. The van der Waals surface area contributed by atoms with Gasteiger partial charge in [-0.3, -0.25) is 24.0 Å². The molecule has 5 N–H and O–H groups in total. The molecule has 0 bridgehead atoms. The number of amides is 5. The standard InChI is InChI=1S/C35H54N6O6/c1-19(2)24-16-17-41(27(24)32(45)37-25(18-21-10-11-21)29(43)31(36)44)33(46)30(35(5,6)7)39-34(47)38-26(20(3)4)28(42)22-12-14-23(15-13-22)40(8)9/h12-15,19-21,24-27,30H,10-11,16-18H2,1-9H3,(H2,36,44)(H,37,45)(H2,38,39,47)/t24-,25?,26+,27+,30-/m1/s1. The van der Waals surface area contributed by atoms with Gasteiger partial charge in [0.1, 0.15) is 12.1 Å². The zero-order valence-electron chi connectivity index (χ0n) is 29.4. The third kappa shape index (κ3) is 9.54. The Labute approximate surface area is 278 Å². The summed E-state index contributed by atoms with van der Waals surface area (Å²) in [4.78, 5) is 82.9. The van der Waals surface area contributed by atoms with E-state index in [2.05, 4.69) is 16.0 Å². The Morgan fingerprint density at radius 1 is 0.915 bits per heavy atom. The number of anilines is 1. The smallest absolute Gasteiger partial charge is 0.316 e. The van der Waals surface area contributed by atoms with Gasteiger partial charge >= 0.3 is 6.03 Å². The number of carbonyl (C=O) groups is 6. The van der Waals surface area contributed by atoms with Crippen molar-refractivity contribution in [3.8, 4) is 0 Å². The topological polar surface area (TPSA) is 171 Å². The van der Waals surface area contributed by atoms with Gasteiger partial charge in [-0.15, -0.1) is 0 Å². The minimum atomic E-state index is -1.11.